The van der Waals surface area contributed by atoms with E-state index in [-0.39, 0.29) is 0 Å². The average Bonchev–Trinajstić information content (AvgIpc) is 2.54. The number of anilines is 1. The summed E-state index contributed by atoms with van der Waals surface area (Å²) in [6.45, 7) is 5.92. The molecule has 0 saturated carbocycles. The Balaban J connectivity index is 2.49. The first-order valence-electron chi connectivity index (χ1n) is 7.40. The second-order valence-electron chi connectivity index (χ2n) is 5.30. The minimum Gasteiger partial charge on any atom is -0.456 e. The van der Waals surface area contributed by atoms with Crippen molar-refractivity contribution >= 4 is 22.2 Å². The third kappa shape index (κ3) is 2.69. The van der Waals surface area contributed by atoms with Crippen LogP contribution in [0.3, 0.4) is 0 Å². The van der Waals surface area contributed by atoms with Crippen molar-refractivity contribution in [3.8, 4) is 11.3 Å². The van der Waals surface area contributed by atoms with E-state index in [1.54, 1.807) is 12.1 Å². The van der Waals surface area contributed by atoms with E-state index in [0.29, 0.717) is 22.4 Å². The van der Waals surface area contributed by atoms with E-state index >= 15 is 0 Å². The van der Waals surface area contributed by atoms with E-state index in [0.717, 1.165) is 22.1 Å². The van der Waals surface area contributed by atoms with Crippen molar-refractivity contribution in [3.05, 3.63) is 78.2 Å². The molecule has 2 aliphatic rings. The number of allylic oxidation sites excluding steroid dienone is 5. The Labute approximate surface area is 134 Å². The summed E-state index contributed by atoms with van der Waals surface area (Å²) in [6, 6.07) is 11.0. The van der Waals surface area contributed by atoms with Crippen LogP contribution in [-0.4, -0.2) is 0 Å². The molecule has 0 radical (unpaired) electrons. The molecular formula is C20H18N2O. The molecule has 1 aliphatic carbocycles. The molecule has 0 atom stereocenters. The maximum atomic E-state index is 7.83. The Morgan fingerprint density at radius 3 is 2.78 bits per heavy atom. The van der Waals surface area contributed by atoms with E-state index in [1.165, 1.54) is 0 Å². The molecule has 0 spiro atoms. The van der Waals surface area contributed by atoms with Crippen molar-refractivity contribution in [2.24, 2.45) is 0 Å². The molecule has 0 unspecified atom stereocenters. The number of nitrogen functional groups attached to an aromatic ring is 1. The highest BCUT2D eigenvalue weighted by atomic mass is 16.3. The fraction of sp³-hybridized carbons (Fsp3) is 0.0500. The predicted octanol–water partition coefficient (Wildman–Crippen LogP) is 4.74. The van der Waals surface area contributed by atoms with Gasteiger partial charge in [-0.2, -0.15) is 0 Å². The van der Waals surface area contributed by atoms with Gasteiger partial charge in [0.25, 0.3) is 0 Å². The Morgan fingerprint density at radius 1 is 1.22 bits per heavy atom. The summed E-state index contributed by atoms with van der Waals surface area (Å²) in [7, 11) is 0. The first-order chi connectivity index (χ1) is 11.1. The maximum Gasteiger partial charge on any atom is 0.137 e. The lowest BCUT2D eigenvalue weighted by molar-refractivity contribution is 0.618. The number of benzene rings is 2. The van der Waals surface area contributed by atoms with Gasteiger partial charge in [-0.25, -0.2) is 0 Å². The van der Waals surface area contributed by atoms with Crippen molar-refractivity contribution in [2.45, 2.75) is 6.92 Å². The number of nitrogens with two attached hydrogens (primary N) is 1. The Hall–Kier alpha value is -3.07. The number of fused-ring (bicyclic) bond motifs is 2. The summed E-state index contributed by atoms with van der Waals surface area (Å²) in [5, 5.41) is 9.21. The smallest absolute Gasteiger partial charge is 0.137 e. The summed E-state index contributed by atoms with van der Waals surface area (Å²) in [4.78, 5) is 0. The van der Waals surface area contributed by atoms with Crippen LogP contribution in [-0.2, 0) is 0 Å². The molecule has 1 aromatic rings. The normalized spacial score (nSPS) is 12.3. The van der Waals surface area contributed by atoms with E-state index < -0.39 is 0 Å². The minimum atomic E-state index is 0.410. The summed E-state index contributed by atoms with van der Waals surface area (Å²) >= 11 is 0. The van der Waals surface area contributed by atoms with Gasteiger partial charge in [0.1, 0.15) is 11.3 Å². The topological polar surface area (TPSA) is 63.0 Å². The van der Waals surface area contributed by atoms with Crippen LogP contribution in [0, 0.1) is 5.41 Å². The van der Waals surface area contributed by atoms with E-state index in [1.807, 2.05) is 55.5 Å². The molecule has 1 aromatic carbocycles. The van der Waals surface area contributed by atoms with Gasteiger partial charge in [0.15, 0.2) is 0 Å². The number of hydrogen-bond acceptors (Lipinski definition) is 3. The van der Waals surface area contributed by atoms with Crippen LogP contribution >= 0.6 is 0 Å². The van der Waals surface area contributed by atoms with Crippen molar-refractivity contribution in [1.82, 2.24) is 0 Å². The molecular weight excluding hydrogens is 284 g/mol. The zero-order valence-electron chi connectivity index (χ0n) is 13.0. The molecule has 114 valence electrons. The van der Waals surface area contributed by atoms with Crippen LogP contribution < -0.4 is 11.1 Å². The molecule has 23 heavy (non-hydrogen) atoms. The Bertz CT molecular complexity index is 977. The summed E-state index contributed by atoms with van der Waals surface area (Å²) in [6.07, 6.45) is 7.81. The fourth-order valence-corrected chi connectivity index (χ4v) is 2.67. The van der Waals surface area contributed by atoms with E-state index in [2.05, 4.69) is 6.58 Å². The fourth-order valence-electron chi connectivity index (χ4n) is 2.67. The Morgan fingerprint density at radius 2 is 2.04 bits per heavy atom. The van der Waals surface area contributed by atoms with Gasteiger partial charge in [0.2, 0.25) is 0 Å². The highest BCUT2D eigenvalue weighted by molar-refractivity contribution is 6.01. The van der Waals surface area contributed by atoms with Gasteiger partial charge in [0.05, 0.1) is 5.36 Å². The highest BCUT2D eigenvalue weighted by Crippen LogP contribution is 2.37. The number of rotatable bonds is 3. The number of nitrogens with one attached hydrogen (secondary N) is 1. The van der Waals surface area contributed by atoms with Gasteiger partial charge in [-0.15, -0.1) is 0 Å². The molecule has 3 N–H and O–H groups in total. The molecule has 0 bridgehead atoms. The standard InChI is InChI=1S/C20H18N2O/c1-3-5-6-13(4-2)20-16-9-7-14(21)11-18(16)23-19-12-15(22)8-10-17(19)20/h3-12,21H,2,22H2,1H3/b5-3-,13-6+,21-14?. The SMILES string of the molecule is C=C/C(=C\C=C/C)c1c2ccc(=N)cc-2oc2cc(N)ccc12. The summed E-state index contributed by atoms with van der Waals surface area (Å²) in [5.41, 5.74) is 10.2. The molecule has 0 saturated heterocycles. The summed E-state index contributed by atoms with van der Waals surface area (Å²) in [5.74, 6) is 0.666. The lowest BCUT2D eigenvalue weighted by Gasteiger charge is -2.15. The minimum absolute atomic E-state index is 0.410. The molecule has 1 heterocycles. The second kappa shape index (κ2) is 5.97. The van der Waals surface area contributed by atoms with Crippen LogP contribution in [0.5, 0.6) is 0 Å². The van der Waals surface area contributed by atoms with Crippen LogP contribution in [0.4, 0.5) is 5.69 Å². The molecule has 3 heteroatoms. The quantitative estimate of drug-likeness (QED) is 0.417. The predicted molar refractivity (Wildman–Crippen MR) is 96.1 cm³/mol. The lowest BCUT2D eigenvalue weighted by atomic mass is 9.93. The molecule has 0 aromatic heterocycles. The van der Waals surface area contributed by atoms with Crippen LogP contribution in [0.2, 0.25) is 0 Å². The molecule has 0 amide bonds. The molecule has 3 nitrogen and oxygen atoms in total. The van der Waals surface area contributed by atoms with Crippen LogP contribution in [0.1, 0.15) is 12.5 Å². The second-order valence-corrected chi connectivity index (χ2v) is 5.30. The van der Waals surface area contributed by atoms with Gasteiger partial charge in [-0.05, 0) is 36.8 Å². The van der Waals surface area contributed by atoms with Gasteiger partial charge in [-0.3, -0.25) is 0 Å². The zero-order chi connectivity index (χ0) is 16.4. The largest absolute Gasteiger partial charge is 0.456 e. The Kier molecular flexibility index (Phi) is 3.85. The van der Waals surface area contributed by atoms with Crippen molar-refractivity contribution in [3.63, 3.8) is 0 Å². The first-order valence-corrected chi connectivity index (χ1v) is 7.40. The van der Waals surface area contributed by atoms with Crippen molar-refractivity contribution in [1.29, 1.82) is 5.41 Å². The maximum absolute atomic E-state index is 7.83. The average molecular weight is 302 g/mol. The third-order valence-corrected chi connectivity index (χ3v) is 3.72. The number of hydrogen-bond donors (Lipinski definition) is 2. The van der Waals surface area contributed by atoms with Crippen LogP contribution in [0.25, 0.3) is 27.9 Å². The summed E-state index contributed by atoms with van der Waals surface area (Å²) < 4.78 is 5.97. The molecule has 0 fully saturated rings. The first kappa shape index (κ1) is 14.9. The highest BCUT2D eigenvalue weighted by Gasteiger charge is 2.16. The zero-order valence-corrected chi connectivity index (χ0v) is 13.0. The van der Waals surface area contributed by atoms with Crippen molar-refractivity contribution in [2.75, 3.05) is 5.73 Å². The molecule has 1 aliphatic heterocycles. The van der Waals surface area contributed by atoms with Crippen molar-refractivity contribution < 1.29 is 4.42 Å². The van der Waals surface area contributed by atoms with Gasteiger partial charge >= 0.3 is 0 Å². The van der Waals surface area contributed by atoms with Gasteiger partial charge in [0, 0.05) is 34.3 Å². The molecule has 3 rings (SSSR count). The van der Waals surface area contributed by atoms with Gasteiger partial charge in [-0.1, -0.05) is 30.9 Å². The van der Waals surface area contributed by atoms with E-state index in [4.69, 9.17) is 15.6 Å². The monoisotopic (exact) mass is 302 g/mol. The van der Waals surface area contributed by atoms with E-state index in [9.17, 15) is 0 Å². The lowest BCUT2D eigenvalue weighted by Crippen LogP contribution is -2.01. The van der Waals surface area contributed by atoms with Crippen LogP contribution in [0.15, 0.2) is 71.7 Å². The van der Waals surface area contributed by atoms with Gasteiger partial charge < -0.3 is 15.6 Å². The third-order valence-electron chi connectivity index (χ3n) is 3.72.